The van der Waals surface area contributed by atoms with Crippen molar-refractivity contribution < 1.29 is 9.59 Å². The van der Waals surface area contributed by atoms with E-state index >= 15 is 0 Å². The number of carbonyl (C=O) groups is 2. The summed E-state index contributed by atoms with van der Waals surface area (Å²) in [5, 5.41) is 10.0. The Hall–Kier alpha value is -2.63. The van der Waals surface area contributed by atoms with Crippen LogP contribution in [-0.2, 0) is 15.1 Å². The molecule has 2 amide bonds. The van der Waals surface area contributed by atoms with Crippen LogP contribution in [0.15, 0.2) is 36.5 Å². The molecule has 2 aromatic rings. The van der Waals surface area contributed by atoms with E-state index in [0.29, 0.717) is 12.4 Å². The summed E-state index contributed by atoms with van der Waals surface area (Å²) in [5.41, 5.74) is 1.59. The largest absolute Gasteiger partial charge is 0.356 e. The molecule has 0 fully saturated rings. The fourth-order valence-corrected chi connectivity index (χ4v) is 2.35. The molecular weight excluding hydrogens is 304 g/mol. The molecule has 1 aromatic heterocycles. The van der Waals surface area contributed by atoms with Crippen molar-refractivity contribution in [3.8, 4) is 11.1 Å². The first kappa shape index (κ1) is 17.7. The van der Waals surface area contributed by atoms with E-state index in [1.165, 1.54) is 6.92 Å². The average Bonchev–Trinajstić information content (AvgIpc) is 2.91. The van der Waals surface area contributed by atoms with E-state index in [0.717, 1.165) is 11.1 Å². The number of hydrogen-bond donors (Lipinski definition) is 2. The zero-order chi connectivity index (χ0) is 17.7. The molecule has 0 spiro atoms. The minimum atomic E-state index is -0.271. The van der Waals surface area contributed by atoms with E-state index in [9.17, 15) is 9.59 Å². The molecule has 0 saturated heterocycles. The Morgan fingerprint density at radius 2 is 1.83 bits per heavy atom. The Bertz CT molecular complexity index is 714. The molecule has 2 rings (SSSR count). The lowest BCUT2D eigenvalue weighted by atomic mass is 10.1. The van der Waals surface area contributed by atoms with E-state index in [-0.39, 0.29) is 23.8 Å². The van der Waals surface area contributed by atoms with Crippen LogP contribution >= 0.6 is 0 Å². The number of carbonyl (C=O) groups excluding carboxylic acids is 2. The minimum absolute atomic E-state index is 0.146. The lowest BCUT2D eigenvalue weighted by molar-refractivity contribution is -0.119. The molecule has 6 nitrogen and oxygen atoms in total. The molecule has 24 heavy (non-hydrogen) atoms. The van der Waals surface area contributed by atoms with Crippen LogP contribution in [0.2, 0.25) is 0 Å². The molecule has 2 N–H and O–H groups in total. The van der Waals surface area contributed by atoms with Gasteiger partial charge in [-0.25, -0.2) is 4.68 Å². The fraction of sp³-hybridized carbons (Fsp3) is 0.389. The molecule has 0 saturated carbocycles. The second kappa shape index (κ2) is 7.29. The molecule has 128 valence electrons. The Labute approximate surface area is 142 Å². The third-order valence-electron chi connectivity index (χ3n) is 3.47. The van der Waals surface area contributed by atoms with Crippen molar-refractivity contribution in [1.29, 1.82) is 0 Å². The van der Waals surface area contributed by atoms with E-state index in [4.69, 9.17) is 0 Å². The zero-order valence-corrected chi connectivity index (χ0v) is 14.6. The highest BCUT2D eigenvalue weighted by Gasteiger charge is 2.23. The summed E-state index contributed by atoms with van der Waals surface area (Å²) in [6, 6.07) is 9.82. The molecule has 0 radical (unpaired) electrons. The second-order valence-corrected chi connectivity index (χ2v) is 6.64. The Kier molecular flexibility index (Phi) is 5.39. The topological polar surface area (TPSA) is 76.0 Å². The number of benzene rings is 1. The van der Waals surface area contributed by atoms with Crippen molar-refractivity contribution >= 4 is 17.6 Å². The minimum Gasteiger partial charge on any atom is -0.356 e. The first-order valence-electron chi connectivity index (χ1n) is 7.97. The van der Waals surface area contributed by atoms with Gasteiger partial charge in [0.15, 0.2) is 0 Å². The van der Waals surface area contributed by atoms with Gasteiger partial charge in [0.1, 0.15) is 5.82 Å². The SMILES string of the molecule is CC(=O)NCCC(=O)Nc1c(-c2ccccc2)cnn1C(C)(C)C. The van der Waals surface area contributed by atoms with Crippen molar-refractivity contribution in [1.82, 2.24) is 15.1 Å². The molecule has 6 heteroatoms. The predicted molar refractivity (Wildman–Crippen MR) is 94.6 cm³/mol. The van der Waals surface area contributed by atoms with Gasteiger partial charge in [0.2, 0.25) is 11.8 Å². The lowest BCUT2D eigenvalue weighted by Gasteiger charge is -2.23. The monoisotopic (exact) mass is 328 g/mol. The van der Waals surface area contributed by atoms with Crippen molar-refractivity contribution in [2.75, 3.05) is 11.9 Å². The molecule has 0 bridgehead atoms. The van der Waals surface area contributed by atoms with Crippen molar-refractivity contribution in [3.63, 3.8) is 0 Å². The van der Waals surface area contributed by atoms with Crippen LogP contribution in [0, 0.1) is 0 Å². The maximum absolute atomic E-state index is 12.3. The van der Waals surface area contributed by atoms with E-state index < -0.39 is 0 Å². The summed E-state index contributed by atoms with van der Waals surface area (Å²) < 4.78 is 1.81. The van der Waals surface area contributed by atoms with Crippen LogP contribution in [0.1, 0.15) is 34.1 Å². The standard InChI is InChI=1S/C18H24N4O2/c1-13(23)19-11-10-16(24)21-17-15(14-8-6-5-7-9-14)12-20-22(17)18(2,3)4/h5-9,12H,10-11H2,1-4H3,(H,19,23)(H,21,24). The molecule has 0 aliphatic heterocycles. The van der Waals surface area contributed by atoms with Crippen molar-refractivity contribution in [2.45, 2.75) is 39.7 Å². The summed E-state index contributed by atoms with van der Waals surface area (Å²) in [7, 11) is 0. The Morgan fingerprint density at radius 3 is 2.42 bits per heavy atom. The molecule has 1 aromatic carbocycles. The number of rotatable bonds is 5. The molecule has 1 heterocycles. The van der Waals surface area contributed by atoms with Crippen LogP contribution in [0.4, 0.5) is 5.82 Å². The highest BCUT2D eigenvalue weighted by Crippen LogP contribution is 2.31. The number of nitrogens with one attached hydrogen (secondary N) is 2. The summed E-state index contributed by atoms with van der Waals surface area (Å²) in [5.74, 6) is 0.362. The Balaban J connectivity index is 2.27. The van der Waals surface area contributed by atoms with Crippen molar-refractivity contribution in [2.24, 2.45) is 0 Å². The fourth-order valence-electron chi connectivity index (χ4n) is 2.35. The molecule has 0 unspecified atom stereocenters. The normalized spacial score (nSPS) is 11.2. The molecule has 0 atom stereocenters. The van der Waals surface area contributed by atoms with Gasteiger partial charge >= 0.3 is 0 Å². The van der Waals surface area contributed by atoms with Gasteiger partial charge in [0, 0.05) is 25.5 Å². The third-order valence-corrected chi connectivity index (χ3v) is 3.47. The van der Waals surface area contributed by atoms with Gasteiger partial charge in [-0.2, -0.15) is 5.10 Å². The van der Waals surface area contributed by atoms with Crippen LogP contribution in [0.5, 0.6) is 0 Å². The molecule has 0 aliphatic rings. The van der Waals surface area contributed by atoms with Gasteiger partial charge in [-0.15, -0.1) is 0 Å². The number of aromatic nitrogens is 2. The lowest BCUT2D eigenvalue weighted by Crippen LogP contribution is -2.29. The van der Waals surface area contributed by atoms with Crippen molar-refractivity contribution in [3.05, 3.63) is 36.5 Å². The van der Waals surface area contributed by atoms with Crippen LogP contribution < -0.4 is 10.6 Å². The van der Waals surface area contributed by atoms with Crippen LogP contribution in [0.25, 0.3) is 11.1 Å². The zero-order valence-electron chi connectivity index (χ0n) is 14.6. The van der Waals surface area contributed by atoms with E-state index in [2.05, 4.69) is 15.7 Å². The number of nitrogens with zero attached hydrogens (tertiary/aromatic N) is 2. The average molecular weight is 328 g/mol. The van der Waals surface area contributed by atoms with Gasteiger partial charge in [-0.1, -0.05) is 30.3 Å². The third kappa shape index (κ3) is 4.44. The predicted octanol–water partition coefficient (Wildman–Crippen LogP) is 2.77. The van der Waals surface area contributed by atoms with Gasteiger partial charge in [0.05, 0.1) is 11.7 Å². The molecular formula is C18H24N4O2. The van der Waals surface area contributed by atoms with E-state index in [1.807, 2.05) is 55.8 Å². The van der Waals surface area contributed by atoms with Crippen LogP contribution in [0.3, 0.4) is 0 Å². The van der Waals surface area contributed by atoms with Gasteiger partial charge in [0.25, 0.3) is 0 Å². The smallest absolute Gasteiger partial charge is 0.227 e. The van der Waals surface area contributed by atoms with Crippen LogP contribution in [-0.4, -0.2) is 28.1 Å². The number of amides is 2. The summed E-state index contributed by atoms with van der Waals surface area (Å²) in [4.78, 5) is 23.2. The Morgan fingerprint density at radius 1 is 1.17 bits per heavy atom. The highest BCUT2D eigenvalue weighted by atomic mass is 16.2. The highest BCUT2D eigenvalue weighted by molar-refractivity contribution is 5.94. The van der Waals surface area contributed by atoms with E-state index in [1.54, 1.807) is 6.20 Å². The molecule has 0 aliphatic carbocycles. The summed E-state index contributed by atoms with van der Waals surface area (Å²) in [6.45, 7) is 7.83. The first-order valence-corrected chi connectivity index (χ1v) is 7.97. The number of anilines is 1. The van der Waals surface area contributed by atoms with Gasteiger partial charge < -0.3 is 10.6 Å². The van der Waals surface area contributed by atoms with Gasteiger partial charge in [-0.05, 0) is 26.3 Å². The maximum atomic E-state index is 12.3. The second-order valence-electron chi connectivity index (χ2n) is 6.64. The quantitative estimate of drug-likeness (QED) is 0.886. The number of hydrogen-bond acceptors (Lipinski definition) is 3. The maximum Gasteiger partial charge on any atom is 0.227 e. The summed E-state index contributed by atoms with van der Waals surface area (Å²) in [6.07, 6.45) is 1.98. The summed E-state index contributed by atoms with van der Waals surface area (Å²) >= 11 is 0. The first-order chi connectivity index (χ1) is 11.3. The van der Waals surface area contributed by atoms with Gasteiger partial charge in [-0.3, -0.25) is 9.59 Å².